The van der Waals surface area contributed by atoms with Crippen LogP contribution in [0.25, 0.3) is 11.1 Å². The van der Waals surface area contributed by atoms with Crippen LogP contribution < -0.4 is 15.5 Å². The summed E-state index contributed by atoms with van der Waals surface area (Å²) in [4.78, 5) is 23.7. The van der Waals surface area contributed by atoms with Crippen LogP contribution in [0.15, 0.2) is 78.9 Å². The number of carbonyl (C=O) groups excluding carboxylic acids is 2. The molecule has 6 nitrogen and oxygen atoms in total. The van der Waals surface area contributed by atoms with Gasteiger partial charge in [0.2, 0.25) is 0 Å². The molecule has 0 fully saturated rings. The lowest BCUT2D eigenvalue weighted by Crippen LogP contribution is -2.33. The number of nitrogens with one attached hydrogen (secondary N) is 2. The quantitative estimate of drug-likeness (QED) is 0.424. The second-order valence-corrected chi connectivity index (χ2v) is 6.55. The molecule has 3 rings (SSSR count). The summed E-state index contributed by atoms with van der Waals surface area (Å²) in [5.41, 5.74) is 4.63. The molecule has 0 bridgehead atoms. The van der Waals surface area contributed by atoms with Crippen LogP contribution in [0.2, 0.25) is 0 Å². The van der Waals surface area contributed by atoms with E-state index < -0.39 is 5.91 Å². The van der Waals surface area contributed by atoms with Gasteiger partial charge < -0.3 is 10.1 Å². The van der Waals surface area contributed by atoms with Gasteiger partial charge in [0.15, 0.2) is 0 Å². The van der Waals surface area contributed by atoms with Gasteiger partial charge in [0, 0.05) is 11.1 Å². The molecule has 0 saturated carbocycles. The highest BCUT2D eigenvalue weighted by atomic mass is 16.5. The van der Waals surface area contributed by atoms with Crippen LogP contribution >= 0.6 is 0 Å². The van der Waals surface area contributed by atoms with E-state index in [9.17, 15) is 9.59 Å². The summed E-state index contributed by atoms with van der Waals surface area (Å²) in [6.45, 7) is 2.17. The van der Waals surface area contributed by atoms with Crippen LogP contribution in [0.1, 0.15) is 27.6 Å². The van der Waals surface area contributed by atoms with Gasteiger partial charge in [0.25, 0.3) is 11.8 Å². The molecule has 0 aromatic heterocycles. The first-order valence-electron chi connectivity index (χ1n) is 9.21. The fourth-order valence-electron chi connectivity index (χ4n) is 2.81. The highest BCUT2D eigenvalue weighted by molar-refractivity contribution is 5.94. The molecule has 0 aliphatic carbocycles. The van der Waals surface area contributed by atoms with Crippen LogP contribution in [0.5, 0.6) is 5.75 Å². The molecule has 3 aromatic carbocycles. The second kappa shape index (κ2) is 9.52. The predicted molar refractivity (Wildman–Crippen MR) is 110 cm³/mol. The normalized spacial score (nSPS) is 11.4. The zero-order chi connectivity index (χ0) is 20.6. The van der Waals surface area contributed by atoms with Crippen LogP contribution in [0.3, 0.4) is 0 Å². The highest BCUT2D eigenvalue weighted by Crippen LogP contribution is 2.19. The van der Waals surface area contributed by atoms with Crippen LogP contribution in [-0.4, -0.2) is 29.7 Å². The molecule has 0 saturated heterocycles. The molecule has 0 heterocycles. The Hall–Kier alpha value is -3.64. The number of benzene rings is 3. The summed E-state index contributed by atoms with van der Waals surface area (Å²) in [7, 11) is 0. The van der Waals surface area contributed by atoms with Crippen molar-refractivity contribution in [3.05, 3.63) is 90.0 Å². The van der Waals surface area contributed by atoms with Crippen molar-refractivity contribution < 1.29 is 19.5 Å². The van der Waals surface area contributed by atoms with Gasteiger partial charge in [-0.1, -0.05) is 42.5 Å². The number of hydroxylamine groups is 1. The van der Waals surface area contributed by atoms with Gasteiger partial charge in [0.1, 0.15) is 11.9 Å². The zero-order valence-corrected chi connectivity index (χ0v) is 16.0. The van der Waals surface area contributed by atoms with Gasteiger partial charge in [-0.05, 0) is 54.4 Å². The maximum absolute atomic E-state index is 12.4. The Morgan fingerprint density at radius 3 is 2.00 bits per heavy atom. The van der Waals surface area contributed by atoms with Crippen molar-refractivity contribution in [1.82, 2.24) is 10.8 Å². The number of hydrogen-bond donors (Lipinski definition) is 3. The third-order valence-corrected chi connectivity index (χ3v) is 4.36. The molecule has 3 aromatic rings. The maximum atomic E-state index is 12.4. The fourth-order valence-corrected chi connectivity index (χ4v) is 2.81. The summed E-state index contributed by atoms with van der Waals surface area (Å²) in [6, 6.07) is 23.8. The van der Waals surface area contributed by atoms with E-state index in [2.05, 4.69) is 5.32 Å². The highest BCUT2D eigenvalue weighted by Gasteiger charge is 2.10. The molecule has 6 heteroatoms. The smallest absolute Gasteiger partial charge is 0.274 e. The lowest BCUT2D eigenvalue weighted by atomic mass is 10.0. The molecule has 2 amide bonds. The van der Waals surface area contributed by atoms with Gasteiger partial charge in [-0.25, -0.2) is 5.48 Å². The monoisotopic (exact) mass is 390 g/mol. The van der Waals surface area contributed by atoms with E-state index in [1.54, 1.807) is 41.9 Å². The van der Waals surface area contributed by atoms with E-state index >= 15 is 0 Å². The molecule has 148 valence electrons. The molecule has 0 radical (unpaired) electrons. The predicted octanol–water partition coefficient (Wildman–Crippen LogP) is 3.67. The zero-order valence-electron chi connectivity index (χ0n) is 16.0. The van der Waals surface area contributed by atoms with E-state index in [4.69, 9.17) is 9.94 Å². The van der Waals surface area contributed by atoms with E-state index in [1.807, 2.05) is 49.4 Å². The van der Waals surface area contributed by atoms with Crippen molar-refractivity contribution in [2.24, 2.45) is 0 Å². The van der Waals surface area contributed by atoms with Crippen molar-refractivity contribution in [3.63, 3.8) is 0 Å². The van der Waals surface area contributed by atoms with Gasteiger partial charge >= 0.3 is 0 Å². The topological polar surface area (TPSA) is 87.7 Å². The lowest BCUT2D eigenvalue weighted by molar-refractivity contribution is 0.0706. The standard InChI is InChI=1S/C23H22N2O4/c1-16(29-21-13-11-20(12-14-21)23(27)25-28)15-24-22(26)19-9-7-18(8-10-19)17-5-3-2-4-6-17/h2-14,16,28H,15H2,1H3,(H,24,26)(H,25,27)/t16-/m1/s1. The van der Waals surface area contributed by atoms with Crippen molar-refractivity contribution in [3.8, 4) is 16.9 Å². The molecule has 29 heavy (non-hydrogen) atoms. The first-order valence-corrected chi connectivity index (χ1v) is 9.21. The lowest BCUT2D eigenvalue weighted by Gasteiger charge is -2.16. The number of hydrogen-bond acceptors (Lipinski definition) is 4. The molecule has 0 aliphatic rings. The summed E-state index contributed by atoms with van der Waals surface area (Å²) in [5, 5.41) is 11.5. The Bertz CT molecular complexity index is 954. The molecule has 3 N–H and O–H groups in total. The minimum Gasteiger partial charge on any atom is -0.489 e. The van der Waals surface area contributed by atoms with E-state index in [0.717, 1.165) is 11.1 Å². The number of ether oxygens (including phenoxy) is 1. The Kier molecular flexibility index (Phi) is 6.60. The summed E-state index contributed by atoms with van der Waals surface area (Å²) < 4.78 is 5.74. The van der Waals surface area contributed by atoms with Crippen LogP contribution in [0.4, 0.5) is 0 Å². The fraction of sp³-hybridized carbons (Fsp3) is 0.130. The van der Waals surface area contributed by atoms with Gasteiger partial charge in [-0.3, -0.25) is 14.8 Å². The van der Waals surface area contributed by atoms with Crippen molar-refractivity contribution in [2.75, 3.05) is 6.54 Å². The van der Waals surface area contributed by atoms with E-state index in [-0.39, 0.29) is 12.0 Å². The van der Waals surface area contributed by atoms with Crippen molar-refractivity contribution in [2.45, 2.75) is 13.0 Å². The minimum atomic E-state index is -0.588. The number of amides is 2. The largest absolute Gasteiger partial charge is 0.489 e. The second-order valence-electron chi connectivity index (χ2n) is 6.55. The van der Waals surface area contributed by atoms with Crippen molar-refractivity contribution in [1.29, 1.82) is 0 Å². The summed E-state index contributed by atoms with van der Waals surface area (Å²) >= 11 is 0. The molecular formula is C23H22N2O4. The average Bonchev–Trinajstić information content (AvgIpc) is 2.78. The molecule has 1 atom stereocenters. The number of rotatable bonds is 7. The van der Waals surface area contributed by atoms with E-state index in [1.165, 1.54) is 0 Å². The summed E-state index contributed by atoms with van der Waals surface area (Å²) in [5.74, 6) is -0.196. The molecule has 0 spiro atoms. The molecule has 0 unspecified atom stereocenters. The average molecular weight is 390 g/mol. The first-order chi connectivity index (χ1) is 14.1. The van der Waals surface area contributed by atoms with Crippen LogP contribution in [0, 0.1) is 0 Å². The third-order valence-electron chi connectivity index (χ3n) is 4.36. The Morgan fingerprint density at radius 1 is 0.828 bits per heavy atom. The Balaban J connectivity index is 1.51. The van der Waals surface area contributed by atoms with Gasteiger partial charge in [-0.15, -0.1) is 0 Å². The molecular weight excluding hydrogens is 368 g/mol. The van der Waals surface area contributed by atoms with Gasteiger partial charge in [-0.2, -0.15) is 0 Å². The first kappa shape index (κ1) is 20.1. The van der Waals surface area contributed by atoms with Crippen LogP contribution in [-0.2, 0) is 0 Å². The van der Waals surface area contributed by atoms with Crippen molar-refractivity contribution >= 4 is 11.8 Å². The number of carbonyl (C=O) groups is 2. The van der Waals surface area contributed by atoms with E-state index in [0.29, 0.717) is 23.4 Å². The Labute approximate surface area is 169 Å². The molecule has 0 aliphatic heterocycles. The maximum Gasteiger partial charge on any atom is 0.274 e. The third kappa shape index (κ3) is 5.43. The minimum absolute atomic E-state index is 0.171. The summed E-state index contributed by atoms with van der Waals surface area (Å²) in [6.07, 6.45) is -0.264. The SMILES string of the molecule is C[C@H](CNC(=O)c1ccc(-c2ccccc2)cc1)Oc1ccc(C(=O)NO)cc1. The van der Waals surface area contributed by atoms with Gasteiger partial charge in [0.05, 0.1) is 6.54 Å². The Morgan fingerprint density at radius 2 is 1.38 bits per heavy atom.